The molecular formula is C57H36N4O2. The molecular weight excluding hydrogens is 773 g/mol. The Morgan fingerprint density at radius 3 is 1.86 bits per heavy atom. The molecule has 0 N–H and O–H groups in total. The Labute approximate surface area is 362 Å². The highest BCUT2D eigenvalue weighted by Crippen LogP contribution is 2.43. The molecule has 0 spiro atoms. The third-order valence-electron chi connectivity index (χ3n) is 12.6. The Hall–Kier alpha value is -8.35. The summed E-state index contributed by atoms with van der Waals surface area (Å²) >= 11 is 0. The molecule has 0 saturated carbocycles. The number of fused-ring (bicyclic) bond motifs is 9. The van der Waals surface area contributed by atoms with Gasteiger partial charge in [0.05, 0.1) is 17.0 Å². The van der Waals surface area contributed by atoms with Gasteiger partial charge in [0.2, 0.25) is 0 Å². The maximum atomic E-state index is 6.53. The zero-order valence-corrected chi connectivity index (χ0v) is 33.9. The molecule has 296 valence electrons. The monoisotopic (exact) mass is 808 g/mol. The molecule has 0 aliphatic heterocycles. The fourth-order valence-corrected chi connectivity index (χ4v) is 9.60. The van der Waals surface area contributed by atoms with Crippen molar-refractivity contribution in [2.24, 2.45) is 0 Å². The topological polar surface area (TPSA) is 69.9 Å². The number of allylic oxidation sites excluding steroid dienone is 1. The number of hydrogen-bond donors (Lipinski definition) is 0. The lowest BCUT2D eigenvalue weighted by Gasteiger charge is -2.17. The maximum Gasteiger partial charge on any atom is 0.163 e. The first kappa shape index (κ1) is 35.4. The minimum atomic E-state index is -0.165. The fourth-order valence-electron chi connectivity index (χ4n) is 9.60. The predicted octanol–water partition coefficient (Wildman–Crippen LogP) is 14.8. The molecule has 0 fully saturated rings. The van der Waals surface area contributed by atoms with Gasteiger partial charge in [-0.25, -0.2) is 15.0 Å². The third-order valence-corrected chi connectivity index (χ3v) is 12.6. The van der Waals surface area contributed by atoms with Gasteiger partial charge in [-0.2, -0.15) is 0 Å². The zero-order valence-electron chi connectivity index (χ0n) is 33.9. The van der Waals surface area contributed by atoms with Crippen LogP contribution < -0.4 is 0 Å². The van der Waals surface area contributed by atoms with Crippen LogP contribution in [0.5, 0.6) is 0 Å². The molecule has 1 aliphatic carbocycles. The van der Waals surface area contributed by atoms with Crippen LogP contribution in [0.15, 0.2) is 203 Å². The highest BCUT2D eigenvalue weighted by molar-refractivity contribution is 6.16. The lowest BCUT2D eigenvalue weighted by Crippen LogP contribution is -2.11. The van der Waals surface area contributed by atoms with Crippen LogP contribution in [-0.4, -0.2) is 19.5 Å². The van der Waals surface area contributed by atoms with E-state index in [1.807, 2.05) is 48.5 Å². The first-order valence-electron chi connectivity index (χ1n) is 21.4. The molecule has 4 heterocycles. The first-order valence-corrected chi connectivity index (χ1v) is 21.4. The van der Waals surface area contributed by atoms with Gasteiger partial charge in [0, 0.05) is 54.9 Å². The number of aromatic nitrogens is 4. The summed E-state index contributed by atoms with van der Waals surface area (Å²) < 4.78 is 15.5. The fraction of sp³-hybridized carbons (Fsp3) is 0.0351. The van der Waals surface area contributed by atoms with Crippen molar-refractivity contribution in [2.75, 3.05) is 0 Å². The van der Waals surface area contributed by atoms with Gasteiger partial charge in [-0.05, 0) is 83.8 Å². The number of nitrogens with zero attached hydrogens (tertiary/aromatic N) is 4. The van der Waals surface area contributed by atoms with E-state index in [2.05, 4.69) is 156 Å². The highest BCUT2D eigenvalue weighted by atomic mass is 16.3. The van der Waals surface area contributed by atoms with E-state index in [0.717, 1.165) is 89.6 Å². The standard InChI is InChI=1S/C57H36N4O2/c1-4-14-35(15-5-1)37-26-29-49-46(32-37)43-22-12-21-41(53(43)61(49)40-18-8-3-9-19-40)38-27-30-51-47(33-38)48-34-39(28-31-52(48)62-51)56-58-55(36-16-6-2-7-17-36)59-57(60-56)45-24-13-23-44-42-20-10-11-25-50(42)63-54(44)45/h1-23,25-34,45H,24H2. The van der Waals surface area contributed by atoms with Crippen LogP contribution in [-0.2, 0) is 0 Å². The summed E-state index contributed by atoms with van der Waals surface area (Å²) in [5.74, 6) is 2.63. The third kappa shape index (κ3) is 5.76. The number of hydrogen-bond acceptors (Lipinski definition) is 5. The molecule has 0 saturated heterocycles. The van der Waals surface area contributed by atoms with Crippen LogP contribution in [0, 0.1) is 0 Å². The molecule has 6 nitrogen and oxygen atoms in total. The van der Waals surface area contributed by atoms with Crippen LogP contribution in [0.2, 0.25) is 0 Å². The van der Waals surface area contributed by atoms with E-state index in [1.165, 1.54) is 21.9 Å². The van der Waals surface area contributed by atoms with Crippen molar-refractivity contribution in [2.45, 2.75) is 12.3 Å². The Morgan fingerprint density at radius 1 is 0.444 bits per heavy atom. The second kappa shape index (κ2) is 14.1. The lowest BCUT2D eigenvalue weighted by molar-refractivity contribution is 0.506. The molecule has 12 aromatic rings. The van der Waals surface area contributed by atoms with Crippen LogP contribution in [0.3, 0.4) is 0 Å². The summed E-state index contributed by atoms with van der Waals surface area (Å²) in [6.07, 6.45) is 5.08. The maximum absolute atomic E-state index is 6.53. The van der Waals surface area contributed by atoms with Crippen molar-refractivity contribution in [3.05, 3.63) is 211 Å². The number of rotatable bonds is 6. The molecule has 63 heavy (non-hydrogen) atoms. The van der Waals surface area contributed by atoms with Gasteiger partial charge in [-0.15, -0.1) is 0 Å². The van der Waals surface area contributed by atoms with Crippen LogP contribution in [0.4, 0.5) is 0 Å². The van der Waals surface area contributed by atoms with Crippen molar-refractivity contribution in [1.29, 1.82) is 0 Å². The number of para-hydroxylation sites is 3. The Bertz CT molecular complexity index is 3770. The molecule has 0 radical (unpaired) electrons. The van der Waals surface area contributed by atoms with Crippen molar-refractivity contribution >= 4 is 60.8 Å². The molecule has 13 rings (SSSR count). The second-order valence-electron chi connectivity index (χ2n) is 16.3. The average molecular weight is 809 g/mol. The molecule has 1 aliphatic rings. The summed E-state index contributed by atoms with van der Waals surface area (Å²) in [6, 6.07) is 65.9. The Morgan fingerprint density at radius 2 is 1.06 bits per heavy atom. The van der Waals surface area contributed by atoms with E-state index in [1.54, 1.807) is 0 Å². The van der Waals surface area contributed by atoms with Gasteiger partial charge < -0.3 is 13.4 Å². The SMILES string of the molecule is C1=Cc2c(oc3ccccc23)C(c2nc(-c3ccccc3)nc(-c3ccc4oc5ccc(-c6cccc7c8cc(-c9ccccc9)ccc8n(-c8ccccc8)c67)cc5c4c3)n2)C1. The average Bonchev–Trinajstić information content (AvgIpc) is 4.03. The van der Waals surface area contributed by atoms with Crippen LogP contribution >= 0.6 is 0 Å². The number of furan rings is 2. The van der Waals surface area contributed by atoms with E-state index in [4.69, 9.17) is 23.8 Å². The molecule has 6 heteroatoms. The van der Waals surface area contributed by atoms with Gasteiger partial charge in [0.15, 0.2) is 11.6 Å². The highest BCUT2D eigenvalue weighted by Gasteiger charge is 2.29. The molecule has 0 bridgehead atoms. The largest absolute Gasteiger partial charge is 0.460 e. The first-order chi connectivity index (χ1) is 31.2. The summed E-state index contributed by atoms with van der Waals surface area (Å²) in [7, 11) is 0. The van der Waals surface area contributed by atoms with E-state index in [0.29, 0.717) is 17.5 Å². The zero-order chi connectivity index (χ0) is 41.4. The minimum Gasteiger partial charge on any atom is -0.460 e. The molecule has 0 amide bonds. The van der Waals surface area contributed by atoms with Gasteiger partial charge in [0.25, 0.3) is 0 Å². The normalized spacial score (nSPS) is 13.7. The Balaban J connectivity index is 0.976. The van der Waals surface area contributed by atoms with E-state index in [9.17, 15) is 0 Å². The van der Waals surface area contributed by atoms with Crippen molar-refractivity contribution < 1.29 is 8.83 Å². The predicted molar refractivity (Wildman–Crippen MR) is 255 cm³/mol. The summed E-state index contributed by atoms with van der Waals surface area (Å²) in [6.45, 7) is 0. The van der Waals surface area contributed by atoms with Crippen LogP contribution in [0.25, 0.3) is 112 Å². The van der Waals surface area contributed by atoms with E-state index < -0.39 is 0 Å². The van der Waals surface area contributed by atoms with Gasteiger partial charge in [-0.1, -0.05) is 140 Å². The molecule has 4 aromatic heterocycles. The minimum absolute atomic E-state index is 0.165. The van der Waals surface area contributed by atoms with Gasteiger partial charge >= 0.3 is 0 Å². The molecule has 1 atom stereocenters. The van der Waals surface area contributed by atoms with Gasteiger partial charge in [-0.3, -0.25) is 0 Å². The van der Waals surface area contributed by atoms with Crippen LogP contribution in [0.1, 0.15) is 29.5 Å². The van der Waals surface area contributed by atoms with E-state index in [-0.39, 0.29) is 5.92 Å². The van der Waals surface area contributed by atoms with E-state index >= 15 is 0 Å². The quantitative estimate of drug-likeness (QED) is 0.167. The summed E-state index contributed by atoms with van der Waals surface area (Å²) in [5.41, 5.74) is 13.5. The Kier molecular flexibility index (Phi) is 7.93. The smallest absolute Gasteiger partial charge is 0.163 e. The second-order valence-corrected chi connectivity index (χ2v) is 16.3. The van der Waals surface area contributed by atoms with Crippen molar-refractivity contribution in [3.63, 3.8) is 0 Å². The molecule has 8 aromatic carbocycles. The summed E-state index contributed by atoms with van der Waals surface area (Å²) in [4.78, 5) is 15.5. The summed E-state index contributed by atoms with van der Waals surface area (Å²) in [5, 5.41) is 5.53. The molecule has 1 unspecified atom stereocenters. The van der Waals surface area contributed by atoms with Gasteiger partial charge in [0.1, 0.15) is 28.3 Å². The lowest BCUT2D eigenvalue weighted by atomic mass is 9.91. The van der Waals surface area contributed by atoms with Crippen molar-refractivity contribution in [1.82, 2.24) is 19.5 Å². The number of benzene rings is 8. The van der Waals surface area contributed by atoms with Crippen molar-refractivity contribution in [3.8, 4) is 50.7 Å².